The fourth-order valence-electron chi connectivity index (χ4n) is 1.82. The van der Waals surface area contributed by atoms with Crippen LogP contribution in [0.25, 0.3) is 5.69 Å². The predicted octanol–water partition coefficient (Wildman–Crippen LogP) is 3.03. The summed E-state index contributed by atoms with van der Waals surface area (Å²) in [5.41, 5.74) is 8.70. The van der Waals surface area contributed by atoms with Crippen LogP contribution in [0.2, 0.25) is 5.02 Å². The zero-order chi connectivity index (χ0) is 12.6. The van der Waals surface area contributed by atoms with Crippen LogP contribution in [0.3, 0.4) is 0 Å². The summed E-state index contributed by atoms with van der Waals surface area (Å²) >= 11 is 6.13. The second-order valence-electron chi connectivity index (χ2n) is 4.75. The third-order valence-corrected chi connectivity index (χ3v) is 3.21. The topological polar surface area (TPSA) is 43.8 Å². The van der Waals surface area contributed by atoms with Crippen molar-refractivity contribution >= 4 is 11.6 Å². The Morgan fingerprint density at radius 2 is 2.06 bits per heavy atom. The average Bonchev–Trinajstić information content (AvgIpc) is 2.70. The van der Waals surface area contributed by atoms with Gasteiger partial charge in [-0.2, -0.15) is 0 Å². The van der Waals surface area contributed by atoms with E-state index in [0.29, 0.717) is 0 Å². The molecule has 4 heteroatoms. The van der Waals surface area contributed by atoms with E-state index in [1.54, 1.807) is 12.5 Å². The second-order valence-corrected chi connectivity index (χ2v) is 5.16. The molecule has 2 N–H and O–H groups in total. The summed E-state index contributed by atoms with van der Waals surface area (Å²) in [6.45, 7) is 5.91. The van der Waals surface area contributed by atoms with Crippen LogP contribution >= 0.6 is 11.6 Å². The van der Waals surface area contributed by atoms with E-state index >= 15 is 0 Å². The van der Waals surface area contributed by atoms with Gasteiger partial charge in [0.1, 0.15) is 0 Å². The number of hydrogen-bond donors (Lipinski definition) is 1. The summed E-state index contributed by atoms with van der Waals surface area (Å²) in [4.78, 5) is 4.18. The maximum absolute atomic E-state index is 6.13. The summed E-state index contributed by atoms with van der Waals surface area (Å²) in [6.07, 6.45) is 3.56. The monoisotopic (exact) mass is 249 g/mol. The molecular formula is C13H16ClN3. The van der Waals surface area contributed by atoms with E-state index in [0.717, 1.165) is 22.0 Å². The Bertz CT molecular complexity index is 538. The van der Waals surface area contributed by atoms with Crippen molar-refractivity contribution in [3.63, 3.8) is 0 Å². The van der Waals surface area contributed by atoms with E-state index in [1.165, 1.54) is 0 Å². The molecular weight excluding hydrogens is 234 g/mol. The third kappa shape index (κ3) is 2.21. The molecule has 90 valence electrons. The molecule has 0 atom stereocenters. The first-order chi connectivity index (χ1) is 7.91. The van der Waals surface area contributed by atoms with Crippen molar-refractivity contribution in [1.29, 1.82) is 0 Å². The number of nitrogens with two attached hydrogens (primary N) is 1. The molecule has 1 aromatic heterocycles. The van der Waals surface area contributed by atoms with Gasteiger partial charge in [0.05, 0.1) is 29.4 Å². The van der Waals surface area contributed by atoms with Gasteiger partial charge in [0, 0.05) is 5.02 Å². The van der Waals surface area contributed by atoms with Crippen molar-refractivity contribution in [2.24, 2.45) is 5.73 Å². The second kappa shape index (κ2) is 4.17. The van der Waals surface area contributed by atoms with Gasteiger partial charge < -0.3 is 10.3 Å². The SMILES string of the molecule is Cc1c(Cl)cccc1-n1cncc1C(C)(C)N. The zero-order valence-corrected chi connectivity index (χ0v) is 11.0. The van der Waals surface area contributed by atoms with Crippen LogP contribution in [-0.4, -0.2) is 9.55 Å². The number of nitrogens with zero attached hydrogens (tertiary/aromatic N) is 2. The zero-order valence-electron chi connectivity index (χ0n) is 10.2. The maximum atomic E-state index is 6.13. The standard InChI is InChI=1S/C13H16ClN3/c1-9-10(14)5-4-6-11(9)17-8-16-7-12(17)13(2,3)15/h4-8H,15H2,1-3H3. The first-order valence-electron chi connectivity index (χ1n) is 5.48. The summed E-state index contributed by atoms with van der Waals surface area (Å²) < 4.78 is 1.99. The Kier molecular flexibility index (Phi) is 2.98. The highest BCUT2D eigenvalue weighted by atomic mass is 35.5. The van der Waals surface area contributed by atoms with Gasteiger partial charge in [0.15, 0.2) is 0 Å². The Hall–Kier alpha value is -1.32. The Balaban J connectivity index is 2.62. The van der Waals surface area contributed by atoms with Crippen molar-refractivity contribution < 1.29 is 0 Å². The van der Waals surface area contributed by atoms with Gasteiger partial charge >= 0.3 is 0 Å². The molecule has 0 aliphatic heterocycles. The van der Waals surface area contributed by atoms with Gasteiger partial charge in [-0.1, -0.05) is 17.7 Å². The summed E-state index contributed by atoms with van der Waals surface area (Å²) in [7, 11) is 0. The van der Waals surface area contributed by atoms with Gasteiger partial charge in [-0.3, -0.25) is 0 Å². The summed E-state index contributed by atoms with van der Waals surface area (Å²) in [6, 6.07) is 5.82. The number of benzene rings is 1. The number of hydrogen-bond acceptors (Lipinski definition) is 2. The minimum Gasteiger partial charge on any atom is -0.321 e. The molecule has 1 heterocycles. The number of rotatable bonds is 2. The molecule has 3 nitrogen and oxygen atoms in total. The minimum absolute atomic E-state index is 0.439. The molecule has 0 bridgehead atoms. The minimum atomic E-state index is -0.439. The van der Waals surface area contributed by atoms with E-state index in [2.05, 4.69) is 4.98 Å². The summed E-state index contributed by atoms with van der Waals surface area (Å²) in [5.74, 6) is 0. The molecule has 2 aromatic rings. The van der Waals surface area contributed by atoms with E-state index in [1.807, 2.05) is 43.5 Å². The van der Waals surface area contributed by atoms with Gasteiger partial charge in [0.25, 0.3) is 0 Å². The molecule has 0 saturated heterocycles. The quantitative estimate of drug-likeness (QED) is 0.889. The lowest BCUT2D eigenvalue weighted by Gasteiger charge is -2.21. The Labute approximate surface area is 106 Å². The van der Waals surface area contributed by atoms with Crippen molar-refractivity contribution in [2.75, 3.05) is 0 Å². The molecule has 0 aliphatic carbocycles. The fraction of sp³-hybridized carbons (Fsp3) is 0.308. The Morgan fingerprint density at radius 3 is 2.71 bits per heavy atom. The van der Waals surface area contributed by atoms with Crippen LogP contribution in [0.15, 0.2) is 30.7 Å². The highest BCUT2D eigenvalue weighted by Gasteiger charge is 2.20. The number of aromatic nitrogens is 2. The molecule has 0 amide bonds. The molecule has 0 fully saturated rings. The van der Waals surface area contributed by atoms with Crippen molar-refractivity contribution in [3.05, 3.63) is 47.0 Å². The predicted molar refractivity (Wildman–Crippen MR) is 70.5 cm³/mol. The number of halogens is 1. The molecule has 0 radical (unpaired) electrons. The van der Waals surface area contributed by atoms with E-state index in [9.17, 15) is 0 Å². The first kappa shape index (κ1) is 12.1. The largest absolute Gasteiger partial charge is 0.321 e. The van der Waals surface area contributed by atoms with Crippen molar-refractivity contribution in [3.8, 4) is 5.69 Å². The first-order valence-corrected chi connectivity index (χ1v) is 5.86. The molecule has 17 heavy (non-hydrogen) atoms. The lowest BCUT2D eigenvalue weighted by atomic mass is 10.0. The summed E-state index contributed by atoms with van der Waals surface area (Å²) in [5, 5.41) is 0.747. The van der Waals surface area contributed by atoms with Gasteiger partial charge in [-0.15, -0.1) is 0 Å². The lowest BCUT2D eigenvalue weighted by Crippen LogP contribution is -2.31. The van der Waals surface area contributed by atoms with E-state index < -0.39 is 5.54 Å². The molecule has 0 aliphatic rings. The molecule has 0 spiro atoms. The fourth-order valence-corrected chi connectivity index (χ4v) is 1.99. The highest BCUT2D eigenvalue weighted by molar-refractivity contribution is 6.31. The molecule has 2 rings (SSSR count). The average molecular weight is 250 g/mol. The number of imidazole rings is 1. The smallest absolute Gasteiger partial charge is 0.0994 e. The van der Waals surface area contributed by atoms with Crippen LogP contribution < -0.4 is 5.73 Å². The molecule has 1 aromatic carbocycles. The molecule has 0 unspecified atom stereocenters. The lowest BCUT2D eigenvalue weighted by molar-refractivity contribution is 0.524. The Morgan fingerprint density at radius 1 is 1.35 bits per heavy atom. The van der Waals surface area contributed by atoms with Gasteiger partial charge in [-0.25, -0.2) is 4.98 Å². The van der Waals surface area contributed by atoms with Gasteiger partial charge in [-0.05, 0) is 38.5 Å². The normalized spacial score (nSPS) is 11.8. The highest BCUT2D eigenvalue weighted by Crippen LogP contribution is 2.26. The van der Waals surface area contributed by atoms with Gasteiger partial charge in [0.2, 0.25) is 0 Å². The van der Waals surface area contributed by atoms with Crippen LogP contribution in [0.4, 0.5) is 0 Å². The van der Waals surface area contributed by atoms with Crippen LogP contribution in [0.5, 0.6) is 0 Å². The van der Waals surface area contributed by atoms with Crippen molar-refractivity contribution in [2.45, 2.75) is 26.3 Å². The third-order valence-electron chi connectivity index (χ3n) is 2.80. The van der Waals surface area contributed by atoms with E-state index in [-0.39, 0.29) is 0 Å². The van der Waals surface area contributed by atoms with Crippen LogP contribution in [0, 0.1) is 6.92 Å². The van der Waals surface area contributed by atoms with Crippen LogP contribution in [0.1, 0.15) is 25.1 Å². The van der Waals surface area contributed by atoms with Crippen molar-refractivity contribution in [1.82, 2.24) is 9.55 Å². The molecule has 0 saturated carbocycles. The van der Waals surface area contributed by atoms with E-state index in [4.69, 9.17) is 17.3 Å². The maximum Gasteiger partial charge on any atom is 0.0994 e. The van der Waals surface area contributed by atoms with Crippen LogP contribution in [-0.2, 0) is 5.54 Å².